The molecule has 1 fully saturated rings. The summed E-state index contributed by atoms with van der Waals surface area (Å²) < 4.78 is 5.14. The van der Waals surface area contributed by atoms with Gasteiger partial charge in [0.05, 0.1) is 6.54 Å². The van der Waals surface area contributed by atoms with Crippen molar-refractivity contribution in [3.63, 3.8) is 0 Å². The summed E-state index contributed by atoms with van der Waals surface area (Å²) in [5.74, 6) is -0.471. The van der Waals surface area contributed by atoms with Crippen molar-refractivity contribution in [1.82, 2.24) is 4.90 Å². The van der Waals surface area contributed by atoms with Crippen LogP contribution >= 0.6 is 0 Å². The zero-order valence-electron chi connectivity index (χ0n) is 11.7. The number of carbonyl (C=O) groups is 2. The van der Waals surface area contributed by atoms with Crippen LogP contribution in [0.15, 0.2) is 12.2 Å². The summed E-state index contributed by atoms with van der Waals surface area (Å²) in [5, 5.41) is 9.29. The Bertz CT molecular complexity index is 347. The third-order valence-corrected chi connectivity index (χ3v) is 3.37. The minimum Gasteiger partial charge on any atom is -0.465 e. The van der Waals surface area contributed by atoms with Gasteiger partial charge >= 0.3 is 12.1 Å². The summed E-state index contributed by atoms with van der Waals surface area (Å²) in [5.41, 5.74) is 0.325. The van der Waals surface area contributed by atoms with Gasteiger partial charge in [-0.1, -0.05) is 25.8 Å². The van der Waals surface area contributed by atoms with E-state index in [0.29, 0.717) is 5.57 Å². The van der Waals surface area contributed by atoms with Crippen LogP contribution in [0.2, 0.25) is 0 Å². The van der Waals surface area contributed by atoms with E-state index in [2.05, 4.69) is 6.58 Å². The molecule has 0 heterocycles. The Labute approximate surface area is 114 Å². The summed E-state index contributed by atoms with van der Waals surface area (Å²) in [6, 6.07) is 0.0530. The summed E-state index contributed by atoms with van der Waals surface area (Å²) in [4.78, 5) is 24.1. The lowest BCUT2D eigenvalue weighted by atomic mass is 9.94. The van der Waals surface area contributed by atoms with Crippen molar-refractivity contribution < 1.29 is 19.4 Å². The molecule has 0 saturated heterocycles. The second kappa shape index (κ2) is 7.16. The minimum atomic E-state index is -0.940. The lowest BCUT2D eigenvalue weighted by molar-refractivity contribution is -0.144. The monoisotopic (exact) mass is 269 g/mol. The Hall–Kier alpha value is -1.52. The maximum absolute atomic E-state index is 11.4. The molecular weight excluding hydrogens is 246 g/mol. The van der Waals surface area contributed by atoms with Crippen LogP contribution in [0.3, 0.4) is 0 Å². The first-order valence-corrected chi connectivity index (χ1v) is 6.78. The van der Waals surface area contributed by atoms with Crippen LogP contribution in [0.5, 0.6) is 0 Å². The highest BCUT2D eigenvalue weighted by atomic mass is 16.5. The van der Waals surface area contributed by atoms with Crippen molar-refractivity contribution in [3.05, 3.63) is 12.2 Å². The smallest absolute Gasteiger partial charge is 0.407 e. The maximum atomic E-state index is 11.4. The molecule has 0 aromatic carbocycles. The molecule has 0 aromatic heterocycles. The van der Waals surface area contributed by atoms with Gasteiger partial charge < -0.3 is 14.7 Å². The van der Waals surface area contributed by atoms with Crippen LogP contribution in [0, 0.1) is 0 Å². The van der Waals surface area contributed by atoms with E-state index < -0.39 is 18.2 Å². The van der Waals surface area contributed by atoms with Crippen LogP contribution in [-0.4, -0.2) is 40.8 Å². The quantitative estimate of drug-likeness (QED) is 0.615. The first kappa shape index (κ1) is 15.5. The molecule has 0 radical (unpaired) electrons. The minimum absolute atomic E-state index is 0.0530. The van der Waals surface area contributed by atoms with Gasteiger partial charge in [0.1, 0.15) is 6.10 Å². The van der Waals surface area contributed by atoms with E-state index in [4.69, 9.17) is 4.74 Å². The van der Waals surface area contributed by atoms with Gasteiger partial charge in [-0.15, -0.1) is 0 Å². The Balaban J connectivity index is 2.55. The van der Waals surface area contributed by atoms with E-state index >= 15 is 0 Å². The first-order chi connectivity index (χ1) is 8.91. The van der Waals surface area contributed by atoms with Gasteiger partial charge in [-0.2, -0.15) is 0 Å². The van der Waals surface area contributed by atoms with Crippen molar-refractivity contribution in [3.8, 4) is 0 Å². The van der Waals surface area contributed by atoms with Crippen LogP contribution in [-0.2, 0) is 9.53 Å². The van der Waals surface area contributed by atoms with Crippen LogP contribution in [0.4, 0.5) is 4.79 Å². The molecule has 1 N–H and O–H groups in total. The predicted molar refractivity (Wildman–Crippen MR) is 72.0 cm³/mol. The first-order valence-electron chi connectivity index (χ1n) is 6.78. The van der Waals surface area contributed by atoms with Crippen molar-refractivity contribution in [1.29, 1.82) is 0 Å². The molecule has 1 rings (SSSR count). The number of carboxylic acid groups (broad SMARTS) is 1. The van der Waals surface area contributed by atoms with Gasteiger partial charge in [-0.3, -0.25) is 0 Å². The van der Waals surface area contributed by atoms with Crippen LogP contribution in [0.25, 0.3) is 0 Å². The third kappa shape index (κ3) is 4.93. The van der Waals surface area contributed by atoms with Gasteiger partial charge in [0.25, 0.3) is 0 Å². The molecule has 1 aliphatic carbocycles. The van der Waals surface area contributed by atoms with Crippen molar-refractivity contribution in [2.45, 2.75) is 58.1 Å². The molecule has 19 heavy (non-hydrogen) atoms. The zero-order chi connectivity index (χ0) is 14.4. The molecule has 0 aromatic rings. The fraction of sp³-hybridized carbons (Fsp3) is 0.714. The second-order valence-corrected chi connectivity index (χ2v) is 5.22. The number of hydrogen-bond acceptors (Lipinski definition) is 3. The topological polar surface area (TPSA) is 66.8 Å². The van der Waals surface area contributed by atoms with Gasteiger partial charge in [0.15, 0.2) is 0 Å². The van der Waals surface area contributed by atoms with E-state index in [0.717, 1.165) is 25.7 Å². The van der Waals surface area contributed by atoms with Crippen molar-refractivity contribution in [2.24, 2.45) is 0 Å². The Morgan fingerprint density at radius 2 is 1.95 bits per heavy atom. The third-order valence-electron chi connectivity index (χ3n) is 3.37. The standard InChI is InChI=1S/C14H23NO4/c1-10(2)13(16)19-11(3)9-15(14(17)18)12-7-5-4-6-8-12/h11-12H,1,4-9H2,2-3H3,(H,17,18). The van der Waals surface area contributed by atoms with Gasteiger partial charge in [0, 0.05) is 11.6 Å². The Kier molecular flexibility index (Phi) is 5.86. The SMILES string of the molecule is C=C(C)C(=O)OC(C)CN(C(=O)O)C1CCCCC1. The molecule has 1 atom stereocenters. The number of ether oxygens (including phenoxy) is 1. The number of nitrogens with zero attached hydrogens (tertiary/aromatic N) is 1. The van der Waals surface area contributed by atoms with Gasteiger partial charge in [-0.25, -0.2) is 9.59 Å². The molecule has 1 amide bonds. The lowest BCUT2D eigenvalue weighted by Crippen LogP contribution is -2.45. The lowest BCUT2D eigenvalue weighted by Gasteiger charge is -2.33. The average molecular weight is 269 g/mol. The summed E-state index contributed by atoms with van der Waals surface area (Å²) in [6.07, 6.45) is 3.70. The van der Waals surface area contributed by atoms with Gasteiger partial charge in [0.2, 0.25) is 0 Å². The summed E-state index contributed by atoms with van der Waals surface area (Å²) in [7, 11) is 0. The molecule has 1 saturated carbocycles. The number of hydrogen-bond donors (Lipinski definition) is 1. The number of amides is 1. The fourth-order valence-electron chi connectivity index (χ4n) is 2.37. The van der Waals surface area contributed by atoms with Crippen LogP contribution < -0.4 is 0 Å². The van der Waals surface area contributed by atoms with E-state index in [1.165, 1.54) is 11.3 Å². The molecule has 0 spiro atoms. The second-order valence-electron chi connectivity index (χ2n) is 5.22. The van der Waals surface area contributed by atoms with Crippen molar-refractivity contribution in [2.75, 3.05) is 6.54 Å². The molecule has 5 heteroatoms. The van der Waals surface area contributed by atoms with E-state index in [9.17, 15) is 14.7 Å². The molecule has 1 unspecified atom stereocenters. The van der Waals surface area contributed by atoms with E-state index in [-0.39, 0.29) is 12.6 Å². The molecule has 1 aliphatic rings. The predicted octanol–water partition coefficient (Wildman–Crippen LogP) is 2.81. The Morgan fingerprint density at radius 3 is 2.42 bits per heavy atom. The number of rotatable bonds is 5. The van der Waals surface area contributed by atoms with Crippen molar-refractivity contribution >= 4 is 12.1 Å². The fourth-order valence-corrected chi connectivity index (χ4v) is 2.37. The molecule has 0 bridgehead atoms. The van der Waals surface area contributed by atoms with Crippen LogP contribution in [0.1, 0.15) is 46.0 Å². The molecule has 5 nitrogen and oxygen atoms in total. The summed E-state index contributed by atoms with van der Waals surface area (Å²) >= 11 is 0. The maximum Gasteiger partial charge on any atom is 0.407 e. The Morgan fingerprint density at radius 1 is 1.37 bits per heavy atom. The number of carbonyl (C=O) groups excluding carboxylic acids is 1. The zero-order valence-corrected chi connectivity index (χ0v) is 11.7. The summed E-state index contributed by atoms with van der Waals surface area (Å²) in [6.45, 7) is 7.01. The van der Waals surface area contributed by atoms with E-state index in [1.54, 1.807) is 13.8 Å². The highest BCUT2D eigenvalue weighted by molar-refractivity contribution is 5.87. The van der Waals surface area contributed by atoms with Gasteiger partial charge in [-0.05, 0) is 26.7 Å². The largest absolute Gasteiger partial charge is 0.465 e. The highest BCUT2D eigenvalue weighted by Gasteiger charge is 2.27. The number of esters is 1. The molecule has 108 valence electrons. The molecular formula is C14H23NO4. The van der Waals surface area contributed by atoms with E-state index in [1.807, 2.05) is 0 Å². The molecule has 0 aliphatic heterocycles. The normalized spacial score (nSPS) is 17.6. The average Bonchev–Trinajstić information content (AvgIpc) is 2.36. The highest BCUT2D eigenvalue weighted by Crippen LogP contribution is 2.23.